The Balaban J connectivity index is 1.11. The first-order chi connectivity index (χ1) is 16.2. The molecule has 2 aromatic rings. The molecule has 1 N–H and O–H groups in total. The third-order valence-corrected chi connectivity index (χ3v) is 6.87. The van der Waals surface area contributed by atoms with E-state index in [1.165, 1.54) is 18.2 Å². The summed E-state index contributed by atoms with van der Waals surface area (Å²) in [6, 6.07) is 4.86. The Labute approximate surface area is 193 Å². The molecule has 1 amide bonds. The standard InChI is InChI=1S/C23H24F3N5O3/c24-23(25,26)34-18-4-1-14(2-5-18)21(32)7-8-30-10-16-12-31(13-17(16)11-30)22(33)15-3-6-19-20(9-15)28-29-27-19/h1-2,4-5,7-8,15-17H,3,6,9-13H2,(H,27,28,29)/b8-7+/t15-,16+,17+/m1/s1. The number of H-pyrrole nitrogens is 1. The van der Waals surface area contributed by atoms with E-state index in [-0.39, 0.29) is 28.9 Å². The van der Waals surface area contributed by atoms with Crippen LogP contribution in [0, 0.1) is 17.8 Å². The number of aromatic nitrogens is 3. The van der Waals surface area contributed by atoms with Gasteiger partial charge in [0.05, 0.1) is 11.4 Å². The summed E-state index contributed by atoms with van der Waals surface area (Å²) in [4.78, 5) is 29.5. The number of aryl methyl sites for hydroxylation is 1. The fraction of sp³-hybridized carbons (Fsp3) is 0.478. The molecule has 180 valence electrons. The summed E-state index contributed by atoms with van der Waals surface area (Å²) in [5.41, 5.74) is 2.21. The SMILES string of the molecule is O=C(/C=C/N1C[C@H]2CN(C(=O)[C@@H]3CCc4[nH]nnc4C3)C[C@@H]2C1)c1ccc(OC(F)(F)F)cc1. The van der Waals surface area contributed by atoms with Crippen LogP contribution in [0.4, 0.5) is 13.2 Å². The molecule has 3 atom stereocenters. The first kappa shape index (κ1) is 22.4. The topological polar surface area (TPSA) is 91.4 Å². The number of ether oxygens (including phenoxy) is 1. The molecule has 11 heteroatoms. The molecule has 2 saturated heterocycles. The second kappa shape index (κ2) is 8.77. The Bertz CT molecular complexity index is 1080. The van der Waals surface area contributed by atoms with Crippen molar-refractivity contribution >= 4 is 11.7 Å². The summed E-state index contributed by atoms with van der Waals surface area (Å²) in [5.74, 6) is 0.199. The van der Waals surface area contributed by atoms with Crippen LogP contribution in [0.3, 0.4) is 0 Å². The average molecular weight is 475 g/mol. The molecular formula is C23H24F3N5O3. The highest BCUT2D eigenvalue weighted by Crippen LogP contribution is 2.34. The molecule has 2 fully saturated rings. The number of halogens is 3. The van der Waals surface area contributed by atoms with Crippen LogP contribution >= 0.6 is 0 Å². The van der Waals surface area contributed by atoms with Crippen LogP contribution in [-0.4, -0.2) is 69.4 Å². The van der Waals surface area contributed by atoms with Crippen LogP contribution in [0.1, 0.15) is 28.2 Å². The van der Waals surface area contributed by atoms with Gasteiger partial charge < -0.3 is 14.5 Å². The van der Waals surface area contributed by atoms with Crippen LogP contribution in [-0.2, 0) is 17.6 Å². The molecule has 2 aliphatic heterocycles. The minimum Gasteiger partial charge on any atom is -0.406 e. The van der Waals surface area contributed by atoms with E-state index in [0.717, 1.165) is 49.5 Å². The number of allylic oxidation sites excluding steroid dienone is 1. The number of hydrogen-bond acceptors (Lipinski definition) is 6. The predicted octanol–water partition coefficient (Wildman–Crippen LogP) is 2.60. The maximum absolute atomic E-state index is 13.0. The lowest BCUT2D eigenvalue weighted by Gasteiger charge is -2.27. The number of nitrogens with one attached hydrogen (secondary N) is 1. The molecule has 0 saturated carbocycles. The zero-order valence-corrected chi connectivity index (χ0v) is 18.3. The first-order valence-corrected chi connectivity index (χ1v) is 11.2. The summed E-state index contributed by atoms with van der Waals surface area (Å²) in [6.45, 7) is 2.94. The lowest BCUT2D eigenvalue weighted by molar-refractivity contribution is -0.274. The van der Waals surface area contributed by atoms with Gasteiger partial charge >= 0.3 is 6.36 Å². The molecule has 3 heterocycles. The summed E-state index contributed by atoms with van der Waals surface area (Å²) < 4.78 is 40.6. The number of carbonyl (C=O) groups excluding carboxylic acids is 2. The second-order valence-corrected chi connectivity index (χ2v) is 9.15. The number of amides is 1. The molecule has 0 unspecified atom stereocenters. The van der Waals surface area contributed by atoms with Crippen molar-refractivity contribution in [2.45, 2.75) is 25.6 Å². The van der Waals surface area contributed by atoms with Gasteiger partial charge in [-0.25, -0.2) is 0 Å². The molecule has 0 radical (unpaired) electrons. The number of nitrogens with zero attached hydrogens (tertiary/aromatic N) is 4. The van der Waals surface area contributed by atoms with Crippen molar-refractivity contribution in [3.63, 3.8) is 0 Å². The summed E-state index contributed by atoms with van der Waals surface area (Å²) in [7, 11) is 0. The molecule has 8 nitrogen and oxygen atoms in total. The number of likely N-dealkylation sites (tertiary alicyclic amines) is 2. The monoisotopic (exact) mass is 475 g/mol. The normalized spacial score (nSPS) is 24.4. The van der Waals surface area contributed by atoms with E-state index in [9.17, 15) is 22.8 Å². The van der Waals surface area contributed by atoms with Crippen molar-refractivity contribution in [1.82, 2.24) is 25.2 Å². The van der Waals surface area contributed by atoms with Crippen LogP contribution in [0.25, 0.3) is 0 Å². The Morgan fingerprint density at radius 3 is 2.47 bits per heavy atom. The quantitative estimate of drug-likeness (QED) is 0.528. The first-order valence-electron chi connectivity index (χ1n) is 11.2. The van der Waals surface area contributed by atoms with Crippen molar-refractivity contribution in [2.75, 3.05) is 26.2 Å². The van der Waals surface area contributed by atoms with Gasteiger partial charge in [0, 0.05) is 68.2 Å². The minimum absolute atomic E-state index is 0.0435. The molecule has 0 spiro atoms. The van der Waals surface area contributed by atoms with Gasteiger partial charge in [0.2, 0.25) is 5.91 Å². The molecule has 1 aliphatic carbocycles. The lowest BCUT2D eigenvalue weighted by atomic mass is 9.89. The number of fused-ring (bicyclic) bond motifs is 2. The van der Waals surface area contributed by atoms with E-state index >= 15 is 0 Å². The Morgan fingerprint density at radius 1 is 1.09 bits per heavy atom. The summed E-state index contributed by atoms with van der Waals surface area (Å²) in [6.07, 6.45) is 0.639. The van der Waals surface area contributed by atoms with Crippen molar-refractivity contribution in [3.8, 4) is 5.75 Å². The molecular weight excluding hydrogens is 451 g/mol. The van der Waals surface area contributed by atoms with Gasteiger partial charge in [-0.3, -0.25) is 14.7 Å². The maximum atomic E-state index is 13.0. The van der Waals surface area contributed by atoms with Gasteiger partial charge in [0.25, 0.3) is 0 Å². The smallest absolute Gasteiger partial charge is 0.406 e. The maximum Gasteiger partial charge on any atom is 0.573 e. The highest BCUT2D eigenvalue weighted by atomic mass is 19.4. The highest BCUT2D eigenvalue weighted by Gasteiger charge is 2.42. The van der Waals surface area contributed by atoms with Crippen molar-refractivity contribution in [2.24, 2.45) is 17.8 Å². The average Bonchev–Trinajstić information content (AvgIpc) is 3.50. The van der Waals surface area contributed by atoms with Crippen LogP contribution in [0.15, 0.2) is 36.5 Å². The Kier molecular flexibility index (Phi) is 5.78. The number of hydrogen-bond donors (Lipinski definition) is 1. The van der Waals surface area contributed by atoms with Gasteiger partial charge in [0.15, 0.2) is 5.78 Å². The van der Waals surface area contributed by atoms with Gasteiger partial charge in [-0.05, 0) is 37.1 Å². The fourth-order valence-electron chi connectivity index (χ4n) is 5.18. The van der Waals surface area contributed by atoms with Gasteiger partial charge in [0.1, 0.15) is 5.75 Å². The number of aromatic amines is 1. The molecule has 1 aromatic heterocycles. The van der Waals surface area contributed by atoms with Gasteiger partial charge in [-0.15, -0.1) is 18.3 Å². The number of benzene rings is 1. The van der Waals surface area contributed by atoms with Crippen molar-refractivity contribution in [3.05, 3.63) is 53.5 Å². The van der Waals surface area contributed by atoms with E-state index in [2.05, 4.69) is 25.0 Å². The van der Waals surface area contributed by atoms with Gasteiger partial charge in [-0.2, -0.15) is 0 Å². The summed E-state index contributed by atoms with van der Waals surface area (Å²) >= 11 is 0. The minimum atomic E-state index is -4.77. The zero-order valence-electron chi connectivity index (χ0n) is 18.3. The predicted molar refractivity (Wildman–Crippen MR) is 114 cm³/mol. The number of alkyl halides is 3. The van der Waals surface area contributed by atoms with E-state index in [0.29, 0.717) is 31.3 Å². The van der Waals surface area contributed by atoms with Crippen molar-refractivity contribution in [1.29, 1.82) is 0 Å². The highest BCUT2D eigenvalue weighted by molar-refractivity contribution is 6.04. The van der Waals surface area contributed by atoms with E-state index in [1.54, 1.807) is 6.20 Å². The molecule has 34 heavy (non-hydrogen) atoms. The van der Waals surface area contributed by atoms with E-state index in [4.69, 9.17) is 0 Å². The Morgan fingerprint density at radius 2 is 1.79 bits per heavy atom. The lowest BCUT2D eigenvalue weighted by Crippen LogP contribution is -2.38. The third kappa shape index (κ3) is 4.78. The number of carbonyl (C=O) groups is 2. The van der Waals surface area contributed by atoms with Gasteiger partial charge in [-0.1, -0.05) is 5.21 Å². The second-order valence-electron chi connectivity index (χ2n) is 9.15. The van der Waals surface area contributed by atoms with Crippen molar-refractivity contribution < 1.29 is 27.5 Å². The van der Waals surface area contributed by atoms with E-state index in [1.807, 2.05) is 4.90 Å². The zero-order chi connectivity index (χ0) is 23.9. The van der Waals surface area contributed by atoms with Crippen LogP contribution in [0.5, 0.6) is 5.75 Å². The number of rotatable bonds is 5. The van der Waals surface area contributed by atoms with Crippen LogP contribution in [0.2, 0.25) is 0 Å². The number of ketones is 1. The molecule has 1 aromatic carbocycles. The summed E-state index contributed by atoms with van der Waals surface area (Å²) in [5, 5.41) is 10.8. The largest absolute Gasteiger partial charge is 0.573 e. The third-order valence-electron chi connectivity index (χ3n) is 6.87. The molecule has 3 aliphatic rings. The fourth-order valence-corrected chi connectivity index (χ4v) is 5.18. The van der Waals surface area contributed by atoms with E-state index < -0.39 is 6.36 Å². The Hall–Kier alpha value is -3.37. The molecule has 0 bridgehead atoms. The molecule has 5 rings (SSSR count). The van der Waals surface area contributed by atoms with Crippen LogP contribution < -0.4 is 4.74 Å².